The van der Waals surface area contributed by atoms with Gasteiger partial charge in [-0.1, -0.05) is 0 Å². The second-order valence-corrected chi connectivity index (χ2v) is 6.48. The monoisotopic (exact) mass is 329 g/mol. The topological polar surface area (TPSA) is 97.0 Å². The minimum absolute atomic E-state index is 0.131. The third kappa shape index (κ3) is 7.83. The maximum atomic E-state index is 11.9. The minimum Gasteiger partial charge on any atom is -0.468 e. The molecule has 1 fully saturated rings. The van der Waals surface area contributed by atoms with Crippen LogP contribution in [0.5, 0.6) is 0 Å². The molecule has 1 rings (SSSR count). The molecule has 0 aliphatic carbocycles. The SMILES string of the molecule is COC(=O)CNC(=O)CNC1CCN(C(=O)OC(C)(C)C)CC1. The Morgan fingerprint density at radius 3 is 2.26 bits per heavy atom. The van der Waals surface area contributed by atoms with E-state index in [9.17, 15) is 14.4 Å². The van der Waals surface area contributed by atoms with E-state index in [0.717, 1.165) is 12.8 Å². The van der Waals surface area contributed by atoms with Crippen molar-refractivity contribution < 1.29 is 23.9 Å². The third-order valence-corrected chi connectivity index (χ3v) is 3.36. The summed E-state index contributed by atoms with van der Waals surface area (Å²) >= 11 is 0. The Balaban J connectivity index is 2.22. The number of carbonyl (C=O) groups excluding carboxylic acids is 3. The lowest BCUT2D eigenvalue weighted by Gasteiger charge is -2.33. The van der Waals surface area contributed by atoms with Gasteiger partial charge in [0.05, 0.1) is 13.7 Å². The fraction of sp³-hybridized carbons (Fsp3) is 0.800. The van der Waals surface area contributed by atoms with Crippen LogP contribution in [-0.4, -0.2) is 67.8 Å². The molecule has 8 nitrogen and oxygen atoms in total. The second-order valence-electron chi connectivity index (χ2n) is 6.48. The number of esters is 1. The predicted octanol–water partition coefficient (Wildman–Crippen LogP) is 0.265. The van der Waals surface area contributed by atoms with Gasteiger partial charge in [0.25, 0.3) is 0 Å². The molecule has 0 spiro atoms. The molecule has 1 aliphatic rings. The molecular weight excluding hydrogens is 302 g/mol. The van der Waals surface area contributed by atoms with Crippen molar-refractivity contribution in [3.63, 3.8) is 0 Å². The highest BCUT2D eigenvalue weighted by atomic mass is 16.6. The van der Waals surface area contributed by atoms with Gasteiger partial charge in [-0.15, -0.1) is 0 Å². The van der Waals surface area contributed by atoms with Crippen LogP contribution in [0.4, 0.5) is 4.79 Å². The van der Waals surface area contributed by atoms with Gasteiger partial charge in [-0.25, -0.2) is 4.79 Å². The molecule has 132 valence electrons. The van der Waals surface area contributed by atoms with E-state index in [1.165, 1.54) is 7.11 Å². The van der Waals surface area contributed by atoms with Crippen molar-refractivity contribution in [1.29, 1.82) is 0 Å². The molecule has 0 saturated carbocycles. The van der Waals surface area contributed by atoms with Crippen LogP contribution in [0.1, 0.15) is 33.6 Å². The lowest BCUT2D eigenvalue weighted by Crippen LogP contribution is -2.48. The van der Waals surface area contributed by atoms with E-state index in [1.54, 1.807) is 4.90 Å². The van der Waals surface area contributed by atoms with E-state index in [4.69, 9.17) is 4.74 Å². The first-order chi connectivity index (χ1) is 10.7. The highest BCUT2D eigenvalue weighted by molar-refractivity contribution is 5.83. The minimum atomic E-state index is -0.496. The van der Waals surface area contributed by atoms with Gasteiger partial charge in [-0.05, 0) is 33.6 Å². The molecule has 2 N–H and O–H groups in total. The molecule has 23 heavy (non-hydrogen) atoms. The molecule has 0 bridgehead atoms. The molecule has 0 aromatic heterocycles. The summed E-state index contributed by atoms with van der Waals surface area (Å²) in [6.45, 7) is 6.71. The fourth-order valence-electron chi connectivity index (χ4n) is 2.14. The van der Waals surface area contributed by atoms with Crippen LogP contribution in [-0.2, 0) is 19.1 Å². The van der Waals surface area contributed by atoms with E-state index < -0.39 is 11.6 Å². The zero-order valence-electron chi connectivity index (χ0n) is 14.3. The van der Waals surface area contributed by atoms with E-state index >= 15 is 0 Å². The maximum absolute atomic E-state index is 11.9. The van der Waals surface area contributed by atoms with Crippen LogP contribution in [0.2, 0.25) is 0 Å². The lowest BCUT2D eigenvalue weighted by atomic mass is 10.1. The van der Waals surface area contributed by atoms with Crippen LogP contribution in [0, 0.1) is 0 Å². The van der Waals surface area contributed by atoms with Gasteiger partial charge in [0.1, 0.15) is 12.1 Å². The molecule has 0 radical (unpaired) electrons. The zero-order chi connectivity index (χ0) is 17.5. The van der Waals surface area contributed by atoms with Crippen molar-refractivity contribution in [1.82, 2.24) is 15.5 Å². The van der Waals surface area contributed by atoms with E-state index in [-0.39, 0.29) is 31.1 Å². The van der Waals surface area contributed by atoms with Crippen molar-refractivity contribution in [3.05, 3.63) is 0 Å². The number of rotatable bonds is 5. The highest BCUT2D eigenvalue weighted by Crippen LogP contribution is 2.15. The number of carbonyl (C=O) groups is 3. The van der Waals surface area contributed by atoms with Crippen molar-refractivity contribution in [3.8, 4) is 0 Å². The Kier molecular flexibility index (Phi) is 7.28. The van der Waals surface area contributed by atoms with Crippen molar-refractivity contribution in [2.24, 2.45) is 0 Å². The smallest absolute Gasteiger partial charge is 0.410 e. The van der Waals surface area contributed by atoms with Crippen molar-refractivity contribution in [2.75, 3.05) is 33.3 Å². The summed E-state index contributed by atoms with van der Waals surface area (Å²) in [5, 5.41) is 5.59. The first kappa shape index (κ1) is 19.2. The maximum Gasteiger partial charge on any atom is 0.410 e. The van der Waals surface area contributed by atoms with Crippen LogP contribution in [0.15, 0.2) is 0 Å². The Morgan fingerprint density at radius 1 is 1.13 bits per heavy atom. The first-order valence-corrected chi connectivity index (χ1v) is 7.76. The molecule has 1 aliphatic heterocycles. The molecule has 2 amide bonds. The number of nitrogens with one attached hydrogen (secondary N) is 2. The molecule has 1 heterocycles. The van der Waals surface area contributed by atoms with Gasteiger partial charge in [-0.2, -0.15) is 0 Å². The Bertz CT molecular complexity index is 425. The second kappa shape index (κ2) is 8.71. The summed E-state index contributed by atoms with van der Waals surface area (Å²) in [5.41, 5.74) is -0.496. The van der Waals surface area contributed by atoms with Gasteiger partial charge < -0.3 is 25.0 Å². The van der Waals surface area contributed by atoms with Crippen LogP contribution in [0.3, 0.4) is 0 Å². The molecule has 0 atom stereocenters. The number of ether oxygens (including phenoxy) is 2. The summed E-state index contributed by atoms with van der Waals surface area (Å²) in [6.07, 6.45) is 1.21. The molecule has 0 unspecified atom stereocenters. The number of hydrogen-bond donors (Lipinski definition) is 2. The Hall–Kier alpha value is -1.83. The first-order valence-electron chi connectivity index (χ1n) is 7.76. The molecule has 0 aromatic rings. The largest absolute Gasteiger partial charge is 0.468 e. The summed E-state index contributed by atoms with van der Waals surface area (Å²) in [4.78, 5) is 36.1. The van der Waals surface area contributed by atoms with Gasteiger partial charge in [0, 0.05) is 19.1 Å². The number of likely N-dealkylation sites (tertiary alicyclic amines) is 1. The zero-order valence-corrected chi connectivity index (χ0v) is 14.3. The standard InChI is InChI=1S/C15H27N3O5/c1-15(2,3)23-14(21)18-7-5-11(6-8-18)16-9-12(19)17-10-13(20)22-4/h11,16H,5-10H2,1-4H3,(H,17,19). The quantitative estimate of drug-likeness (QED) is 0.703. The van der Waals surface area contributed by atoms with Gasteiger partial charge >= 0.3 is 12.1 Å². The fourth-order valence-corrected chi connectivity index (χ4v) is 2.14. The van der Waals surface area contributed by atoms with Gasteiger partial charge in [0.15, 0.2) is 0 Å². The average Bonchev–Trinajstić information content (AvgIpc) is 2.49. The predicted molar refractivity (Wildman–Crippen MR) is 83.9 cm³/mol. The Labute approximate surface area is 136 Å². The average molecular weight is 329 g/mol. The number of piperidine rings is 1. The summed E-state index contributed by atoms with van der Waals surface area (Å²) < 4.78 is 9.77. The Morgan fingerprint density at radius 2 is 1.74 bits per heavy atom. The van der Waals surface area contributed by atoms with Crippen LogP contribution in [0.25, 0.3) is 0 Å². The van der Waals surface area contributed by atoms with E-state index in [2.05, 4.69) is 15.4 Å². The van der Waals surface area contributed by atoms with Crippen LogP contribution < -0.4 is 10.6 Å². The van der Waals surface area contributed by atoms with Crippen LogP contribution >= 0.6 is 0 Å². The molecule has 8 heteroatoms. The number of methoxy groups -OCH3 is 1. The lowest BCUT2D eigenvalue weighted by molar-refractivity contribution is -0.141. The highest BCUT2D eigenvalue weighted by Gasteiger charge is 2.26. The molecule has 1 saturated heterocycles. The van der Waals surface area contributed by atoms with E-state index in [1.807, 2.05) is 20.8 Å². The van der Waals surface area contributed by atoms with Gasteiger partial charge in [-0.3, -0.25) is 9.59 Å². The van der Waals surface area contributed by atoms with Crippen molar-refractivity contribution in [2.45, 2.75) is 45.3 Å². The summed E-state index contributed by atoms with van der Waals surface area (Å²) in [6, 6.07) is 0.164. The summed E-state index contributed by atoms with van der Waals surface area (Å²) in [5.74, 6) is -0.742. The molecule has 0 aromatic carbocycles. The number of nitrogens with zero attached hydrogens (tertiary/aromatic N) is 1. The van der Waals surface area contributed by atoms with E-state index in [0.29, 0.717) is 13.1 Å². The van der Waals surface area contributed by atoms with Crippen molar-refractivity contribution >= 4 is 18.0 Å². The van der Waals surface area contributed by atoms with Gasteiger partial charge in [0.2, 0.25) is 5.91 Å². The number of hydrogen-bond acceptors (Lipinski definition) is 6. The number of amides is 2. The normalized spacial score (nSPS) is 15.9. The third-order valence-electron chi connectivity index (χ3n) is 3.36. The summed E-state index contributed by atoms with van der Waals surface area (Å²) in [7, 11) is 1.27. The molecular formula is C15H27N3O5.